The van der Waals surface area contributed by atoms with Gasteiger partial charge in [-0.25, -0.2) is 0 Å². The molecular formula is C13H24N2. The van der Waals surface area contributed by atoms with Gasteiger partial charge in [0.25, 0.3) is 0 Å². The monoisotopic (exact) mass is 208 g/mol. The number of allylic oxidation sites excluding steroid dienone is 5. The molecule has 15 heavy (non-hydrogen) atoms. The van der Waals surface area contributed by atoms with Gasteiger partial charge in [0, 0.05) is 13.1 Å². The first-order chi connectivity index (χ1) is 7.20. The molecule has 0 heterocycles. The van der Waals surface area contributed by atoms with E-state index in [2.05, 4.69) is 37.9 Å². The molecule has 0 radical (unpaired) electrons. The molecule has 0 aromatic heterocycles. The van der Waals surface area contributed by atoms with E-state index >= 15 is 0 Å². The van der Waals surface area contributed by atoms with Crippen LogP contribution in [0.2, 0.25) is 0 Å². The van der Waals surface area contributed by atoms with Crippen molar-refractivity contribution in [2.75, 3.05) is 19.6 Å². The molecule has 0 atom stereocenters. The minimum absolute atomic E-state index is 0.712. The van der Waals surface area contributed by atoms with Gasteiger partial charge in [-0.2, -0.15) is 0 Å². The van der Waals surface area contributed by atoms with E-state index in [1.165, 1.54) is 11.1 Å². The van der Waals surface area contributed by atoms with E-state index in [0.29, 0.717) is 6.54 Å². The Hall–Kier alpha value is -0.860. The quantitative estimate of drug-likeness (QED) is 0.475. The Bertz CT molecular complexity index is 223. The Labute approximate surface area is 93.9 Å². The van der Waals surface area contributed by atoms with Gasteiger partial charge < -0.3 is 11.1 Å². The Morgan fingerprint density at radius 2 is 2.07 bits per heavy atom. The number of nitrogens with two attached hydrogens (primary N) is 1. The lowest BCUT2D eigenvalue weighted by Crippen LogP contribution is -2.23. The fourth-order valence-corrected chi connectivity index (χ4v) is 1.37. The molecule has 2 heteroatoms. The van der Waals surface area contributed by atoms with Gasteiger partial charge in [0.1, 0.15) is 0 Å². The lowest BCUT2D eigenvalue weighted by molar-refractivity contribution is 0.654. The zero-order chi connectivity index (χ0) is 11.5. The van der Waals surface area contributed by atoms with Crippen LogP contribution in [0.15, 0.2) is 36.0 Å². The summed E-state index contributed by atoms with van der Waals surface area (Å²) in [4.78, 5) is 0. The van der Waals surface area contributed by atoms with Crippen molar-refractivity contribution in [3.8, 4) is 0 Å². The van der Waals surface area contributed by atoms with Gasteiger partial charge in [-0.15, -0.1) is 0 Å². The predicted octanol–water partition coefficient (Wildman–Crippen LogP) is 2.39. The van der Waals surface area contributed by atoms with Gasteiger partial charge in [-0.1, -0.05) is 30.4 Å². The highest BCUT2D eigenvalue weighted by molar-refractivity contribution is 5.25. The zero-order valence-corrected chi connectivity index (χ0v) is 10.1. The standard InChI is InChI=1S/C13H24N2/c1-4-6-13(11-12(2)3)7-5-9-15-10-8-14/h4,6,11,15H,1,5,7-10,14H2,2-3H3/b13-6-. The number of hydrogen-bond acceptors (Lipinski definition) is 2. The second-order valence-electron chi connectivity index (χ2n) is 3.84. The fraction of sp³-hybridized carbons (Fsp3) is 0.538. The van der Waals surface area contributed by atoms with Crippen LogP contribution in [-0.2, 0) is 0 Å². The first-order valence-corrected chi connectivity index (χ1v) is 5.58. The van der Waals surface area contributed by atoms with Crippen LogP contribution in [0.3, 0.4) is 0 Å². The van der Waals surface area contributed by atoms with Crippen LogP contribution in [0.5, 0.6) is 0 Å². The molecular weight excluding hydrogens is 184 g/mol. The minimum atomic E-state index is 0.712. The molecule has 0 saturated heterocycles. The van der Waals surface area contributed by atoms with Gasteiger partial charge in [0.15, 0.2) is 0 Å². The number of hydrogen-bond donors (Lipinski definition) is 2. The lowest BCUT2D eigenvalue weighted by Gasteiger charge is -2.04. The van der Waals surface area contributed by atoms with Crippen molar-refractivity contribution in [3.05, 3.63) is 36.0 Å². The molecule has 0 aromatic rings. The minimum Gasteiger partial charge on any atom is -0.329 e. The summed E-state index contributed by atoms with van der Waals surface area (Å²) in [5.74, 6) is 0. The maximum atomic E-state index is 5.39. The Kier molecular flexibility index (Phi) is 9.13. The molecule has 2 nitrogen and oxygen atoms in total. The van der Waals surface area contributed by atoms with Crippen LogP contribution in [0.25, 0.3) is 0 Å². The molecule has 0 spiro atoms. The van der Waals surface area contributed by atoms with Crippen molar-refractivity contribution >= 4 is 0 Å². The summed E-state index contributed by atoms with van der Waals surface area (Å²) in [6.45, 7) is 10.6. The molecule has 86 valence electrons. The van der Waals surface area contributed by atoms with Crippen LogP contribution >= 0.6 is 0 Å². The molecule has 0 unspecified atom stereocenters. The van der Waals surface area contributed by atoms with Gasteiger partial charge in [0.05, 0.1) is 0 Å². The second-order valence-corrected chi connectivity index (χ2v) is 3.84. The van der Waals surface area contributed by atoms with Crippen LogP contribution < -0.4 is 11.1 Å². The van der Waals surface area contributed by atoms with E-state index in [1.54, 1.807) is 0 Å². The van der Waals surface area contributed by atoms with E-state index in [-0.39, 0.29) is 0 Å². The van der Waals surface area contributed by atoms with E-state index in [1.807, 2.05) is 6.08 Å². The summed E-state index contributed by atoms with van der Waals surface area (Å²) in [6.07, 6.45) is 8.38. The first kappa shape index (κ1) is 14.1. The molecule has 0 aliphatic rings. The van der Waals surface area contributed by atoms with Crippen LogP contribution in [0, 0.1) is 0 Å². The topological polar surface area (TPSA) is 38.0 Å². The third-order valence-electron chi connectivity index (χ3n) is 1.95. The van der Waals surface area contributed by atoms with Crippen molar-refractivity contribution in [2.45, 2.75) is 26.7 Å². The van der Waals surface area contributed by atoms with Gasteiger partial charge in [-0.3, -0.25) is 0 Å². The van der Waals surface area contributed by atoms with Crippen molar-refractivity contribution in [3.63, 3.8) is 0 Å². The molecule has 3 N–H and O–H groups in total. The largest absolute Gasteiger partial charge is 0.329 e. The van der Waals surface area contributed by atoms with Crippen LogP contribution in [-0.4, -0.2) is 19.6 Å². The Morgan fingerprint density at radius 3 is 2.60 bits per heavy atom. The van der Waals surface area contributed by atoms with Crippen molar-refractivity contribution in [1.29, 1.82) is 0 Å². The van der Waals surface area contributed by atoms with Crippen molar-refractivity contribution in [1.82, 2.24) is 5.32 Å². The normalized spacial score (nSPS) is 11.3. The maximum Gasteiger partial charge on any atom is 0.00745 e. The molecule has 0 rings (SSSR count). The summed E-state index contributed by atoms with van der Waals surface area (Å²) >= 11 is 0. The Balaban J connectivity index is 3.83. The fourth-order valence-electron chi connectivity index (χ4n) is 1.37. The number of rotatable bonds is 8. The molecule has 0 aromatic carbocycles. The summed E-state index contributed by atoms with van der Waals surface area (Å²) in [6, 6.07) is 0. The van der Waals surface area contributed by atoms with E-state index in [4.69, 9.17) is 5.73 Å². The van der Waals surface area contributed by atoms with Crippen molar-refractivity contribution in [2.24, 2.45) is 5.73 Å². The molecule has 0 bridgehead atoms. The van der Waals surface area contributed by atoms with Crippen molar-refractivity contribution < 1.29 is 0 Å². The summed E-state index contributed by atoms with van der Waals surface area (Å²) in [7, 11) is 0. The average molecular weight is 208 g/mol. The van der Waals surface area contributed by atoms with E-state index in [9.17, 15) is 0 Å². The molecule has 0 saturated carbocycles. The van der Waals surface area contributed by atoms with Crippen LogP contribution in [0.1, 0.15) is 26.7 Å². The highest BCUT2D eigenvalue weighted by Crippen LogP contribution is 2.09. The van der Waals surface area contributed by atoms with Gasteiger partial charge in [-0.05, 0) is 38.8 Å². The average Bonchev–Trinajstić information content (AvgIpc) is 2.17. The van der Waals surface area contributed by atoms with Crippen LogP contribution in [0.4, 0.5) is 0 Å². The third-order valence-corrected chi connectivity index (χ3v) is 1.95. The molecule has 0 aliphatic carbocycles. The van der Waals surface area contributed by atoms with Gasteiger partial charge >= 0.3 is 0 Å². The molecule has 0 aliphatic heterocycles. The second kappa shape index (κ2) is 9.69. The SMILES string of the molecule is C=C/C=C(\C=C(C)C)CCCNCCN. The molecule has 0 fully saturated rings. The molecule has 0 amide bonds. The first-order valence-electron chi connectivity index (χ1n) is 5.58. The summed E-state index contributed by atoms with van der Waals surface area (Å²) in [5, 5.41) is 3.29. The highest BCUT2D eigenvalue weighted by Gasteiger charge is 1.93. The van der Waals surface area contributed by atoms with E-state index in [0.717, 1.165) is 25.9 Å². The zero-order valence-electron chi connectivity index (χ0n) is 10.1. The number of nitrogens with one attached hydrogen (secondary N) is 1. The highest BCUT2D eigenvalue weighted by atomic mass is 14.9. The lowest BCUT2D eigenvalue weighted by atomic mass is 10.1. The van der Waals surface area contributed by atoms with E-state index < -0.39 is 0 Å². The summed E-state index contributed by atoms with van der Waals surface area (Å²) in [5.41, 5.74) is 8.07. The summed E-state index contributed by atoms with van der Waals surface area (Å²) < 4.78 is 0. The maximum absolute atomic E-state index is 5.39. The third kappa shape index (κ3) is 9.44. The Morgan fingerprint density at radius 1 is 1.33 bits per heavy atom. The predicted molar refractivity (Wildman–Crippen MR) is 68.9 cm³/mol. The smallest absolute Gasteiger partial charge is 0.00745 e. The van der Waals surface area contributed by atoms with Gasteiger partial charge in [0.2, 0.25) is 0 Å².